The number of aromatic nitrogens is 2. The molecule has 36 heavy (non-hydrogen) atoms. The van der Waals surface area contributed by atoms with Crippen molar-refractivity contribution in [3.63, 3.8) is 0 Å². The highest BCUT2D eigenvalue weighted by molar-refractivity contribution is 6.42. The Kier molecular flexibility index (Phi) is 6.58. The SMILES string of the molecule is CC(C)(C)c1ccc(CC(C(N)=O)(c2ccc(Cl)c(Cl)c2)n2ccc3c(F)cnc(C(=O)O)c32)cc1. The van der Waals surface area contributed by atoms with Gasteiger partial charge < -0.3 is 15.4 Å². The van der Waals surface area contributed by atoms with Gasteiger partial charge in [-0.15, -0.1) is 0 Å². The average Bonchev–Trinajstić information content (AvgIpc) is 3.25. The molecule has 3 N–H and O–H groups in total. The van der Waals surface area contributed by atoms with Crippen molar-refractivity contribution in [3.05, 3.63) is 99.2 Å². The molecule has 0 fully saturated rings. The molecule has 0 aliphatic heterocycles. The molecule has 0 saturated heterocycles. The number of primary amides is 1. The highest BCUT2D eigenvalue weighted by Gasteiger charge is 2.43. The fraction of sp³-hybridized carbons (Fsp3) is 0.222. The fourth-order valence-corrected chi connectivity index (χ4v) is 4.74. The maximum atomic E-state index is 14.7. The molecule has 1 atom stereocenters. The van der Waals surface area contributed by atoms with Crippen molar-refractivity contribution < 1.29 is 19.1 Å². The van der Waals surface area contributed by atoms with Crippen LogP contribution >= 0.6 is 23.2 Å². The second-order valence-corrected chi connectivity index (χ2v) is 10.5. The van der Waals surface area contributed by atoms with Crippen LogP contribution in [0.3, 0.4) is 0 Å². The van der Waals surface area contributed by atoms with Gasteiger partial charge >= 0.3 is 5.97 Å². The van der Waals surface area contributed by atoms with Crippen LogP contribution in [0.25, 0.3) is 10.9 Å². The number of carbonyl (C=O) groups excluding carboxylic acids is 1. The molecule has 0 saturated carbocycles. The third-order valence-electron chi connectivity index (χ3n) is 6.37. The number of carboxylic acid groups (broad SMARTS) is 1. The van der Waals surface area contributed by atoms with Crippen LogP contribution in [-0.4, -0.2) is 26.5 Å². The lowest BCUT2D eigenvalue weighted by Crippen LogP contribution is -2.49. The first kappa shape index (κ1) is 25.7. The van der Waals surface area contributed by atoms with Gasteiger partial charge in [0.05, 0.1) is 21.8 Å². The summed E-state index contributed by atoms with van der Waals surface area (Å²) in [5, 5.41) is 10.3. The van der Waals surface area contributed by atoms with E-state index in [1.807, 2.05) is 24.3 Å². The van der Waals surface area contributed by atoms with E-state index in [1.165, 1.54) is 29.0 Å². The van der Waals surface area contributed by atoms with Gasteiger partial charge in [-0.25, -0.2) is 14.2 Å². The molecule has 2 aromatic heterocycles. The van der Waals surface area contributed by atoms with E-state index in [2.05, 4.69) is 25.8 Å². The van der Waals surface area contributed by atoms with Gasteiger partial charge in [-0.3, -0.25) is 4.79 Å². The lowest BCUT2D eigenvalue weighted by molar-refractivity contribution is -0.124. The number of hydrogen-bond acceptors (Lipinski definition) is 3. The molecular weight excluding hydrogens is 504 g/mol. The van der Waals surface area contributed by atoms with Gasteiger partial charge in [-0.05, 0) is 40.3 Å². The number of amides is 1. The van der Waals surface area contributed by atoms with Crippen molar-refractivity contribution in [1.82, 2.24) is 9.55 Å². The van der Waals surface area contributed by atoms with Crippen LogP contribution in [0, 0.1) is 5.82 Å². The molecule has 6 nitrogen and oxygen atoms in total. The summed E-state index contributed by atoms with van der Waals surface area (Å²) in [6, 6.07) is 13.7. The number of benzene rings is 2. The Morgan fingerprint density at radius 3 is 2.22 bits per heavy atom. The number of halogens is 3. The number of rotatable bonds is 6. The smallest absolute Gasteiger partial charge is 0.356 e. The van der Waals surface area contributed by atoms with Crippen molar-refractivity contribution >= 4 is 46.0 Å². The molecule has 2 heterocycles. The van der Waals surface area contributed by atoms with E-state index in [-0.39, 0.29) is 32.8 Å². The van der Waals surface area contributed by atoms with Gasteiger partial charge in [0, 0.05) is 18.0 Å². The standard InChI is InChI=1S/C27H24Cl2FN3O3/c1-26(2,3)16-6-4-15(5-7-16)13-27(25(31)36,17-8-9-19(28)20(29)12-17)33-11-10-18-21(30)14-32-22(23(18)33)24(34)35/h4-12,14H,13H2,1-3H3,(H2,31,36)(H,34,35). The number of nitrogens with two attached hydrogens (primary N) is 1. The van der Waals surface area contributed by atoms with E-state index >= 15 is 0 Å². The maximum Gasteiger partial charge on any atom is 0.356 e. The quantitative estimate of drug-likeness (QED) is 0.323. The zero-order valence-electron chi connectivity index (χ0n) is 19.8. The predicted octanol–water partition coefficient (Wildman–Crippen LogP) is 5.95. The number of aromatic carboxylic acids is 1. The first-order valence-corrected chi connectivity index (χ1v) is 11.9. The number of fused-ring (bicyclic) bond motifs is 1. The Bertz CT molecular complexity index is 1490. The van der Waals surface area contributed by atoms with Crippen LogP contribution in [0.4, 0.5) is 4.39 Å². The summed E-state index contributed by atoms with van der Waals surface area (Å²) in [6.07, 6.45) is 2.31. The lowest BCUT2D eigenvalue weighted by atomic mass is 9.81. The van der Waals surface area contributed by atoms with Crippen molar-refractivity contribution in [1.29, 1.82) is 0 Å². The average molecular weight is 528 g/mol. The third kappa shape index (κ3) is 4.33. The van der Waals surface area contributed by atoms with Gasteiger partial charge in [0.15, 0.2) is 17.1 Å². The Morgan fingerprint density at radius 1 is 1.03 bits per heavy atom. The third-order valence-corrected chi connectivity index (χ3v) is 7.11. The normalized spacial score (nSPS) is 13.5. The van der Waals surface area contributed by atoms with Crippen LogP contribution < -0.4 is 5.73 Å². The molecule has 9 heteroatoms. The van der Waals surface area contributed by atoms with E-state index in [0.717, 1.165) is 17.3 Å². The molecule has 2 aromatic carbocycles. The molecule has 0 bridgehead atoms. The van der Waals surface area contributed by atoms with Crippen molar-refractivity contribution in [2.24, 2.45) is 5.73 Å². The topological polar surface area (TPSA) is 98.2 Å². The second kappa shape index (κ2) is 9.22. The van der Waals surface area contributed by atoms with Crippen molar-refractivity contribution in [3.8, 4) is 0 Å². The van der Waals surface area contributed by atoms with E-state index in [4.69, 9.17) is 28.9 Å². The van der Waals surface area contributed by atoms with E-state index < -0.39 is 28.9 Å². The molecule has 4 aromatic rings. The van der Waals surface area contributed by atoms with Gasteiger partial charge in [0.2, 0.25) is 5.91 Å². The molecule has 4 rings (SSSR count). The second-order valence-electron chi connectivity index (χ2n) is 9.69. The van der Waals surface area contributed by atoms with Gasteiger partial charge in [-0.2, -0.15) is 0 Å². The number of nitrogens with zero attached hydrogens (tertiary/aromatic N) is 2. The summed E-state index contributed by atoms with van der Waals surface area (Å²) in [5.41, 5.74) is 6.04. The highest BCUT2D eigenvalue weighted by atomic mass is 35.5. The van der Waals surface area contributed by atoms with E-state index in [9.17, 15) is 19.1 Å². The summed E-state index contributed by atoms with van der Waals surface area (Å²) in [7, 11) is 0. The Labute approximate surface area is 217 Å². The summed E-state index contributed by atoms with van der Waals surface area (Å²) in [4.78, 5) is 29.3. The van der Waals surface area contributed by atoms with Crippen LogP contribution in [0.2, 0.25) is 10.0 Å². The maximum absolute atomic E-state index is 14.7. The van der Waals surface area contributed by atoms with Crippen LogP contribution in [0.5, 0.6) is 0 Å². The van der Waals surface area contributed by atoms with Gasteiger partial charge in [0.1, 0.15) is 0 Å². The molecular formula is C27H24Cl2FN3O3. The number of carboxylic acids is 1. The first-order valence-electron chi connectivity index (χ1n) is 11.1. The Morgan fingerprint density at radius 2 is 1.67 bits per heavy atom. The van der Waals surface area contributed by atoms with Crippen molar-refractivity contribution in [2.75, 3.05) is 0 Å². The fourth-order valence-electron chi connectivity index (χ4n) is 4.44. The zero-order valence-corrected chi connectivity index (χ0v) is 21.4. The molecule has 186 valence electrons. The van der Waals surface area contributed by atoms with Crippen LogP contribution in [0.15, 0.2) is 60.9 Å². The van der Waals surface area contributed by atoms with Crippen molar-refractivity contribution in [2.45, 2.75) is 38.1 Å². The summed E-state index contributed by atoms with van der Waals surface area (Å²) >= 11 is 12.5. The largest absolute Gasteiger partial charge is 0.476 e. The summed E-state index contributed by atoms with van der Waals surface area (Å²) in [6.45, 7) is 6.27. The minimum atomic E-state index is -1.68. The molecule has 0 aliphatic carbocycles. The van der Waals surface area contributed by atoms with Gasteiger partial charge in [-0.1, -0.05) is 74.3 Å². The number of carbonyl (C=O) groups is 2. The summed E-state index contributed by atoms with van der Waals surface area (Å²) < 4.78 is 16.1. The van der Waals surface area contributed by atoms with Gasteiger partial charge in [0.25, 0.3) is 0 Å². The first-order chi connectivity index (χ1) is 16.9. The predicted molar refractivity (Wildman–Crippen MR) is 138 cm³/mol. The lowest BCUT2D eigenvalue weighted by Gasteiger charge is -2.35. The zero-order chi connectivity index (χ0) is 26.4. The minimum Gasteiger partial charge on any atom is -0.476 e. The number of hydrogen-bond donors (Lipinski definition) is 2. The summed E-state index contributed by atoms with van der Waals surface area (Å²) in [5.74, 6) is -2.89. The molecule has 1 amide bonds. The van der Waals surface area contributed by atoms with Crippen LogP contribution in [0.1, 0.15) is 48.0 Å². The molecule has 0 radical (unpaired) electrons. The minimum absolute atomic E-state index is 0.00355. The van der Waals surface area contributed by atoms with E-state index in [0.29, 0.717) is 5.56 Å². The Hall–Kier alpha value is -3.42. The van der Waals surface area contributed by atoms with E-state index in [1.54, 1.807) is 6.07 Å². The molecule has 0 spiro atoms. The Balaban J connectivity index is 2.05. The number of pyridine rings is 1. The highest BCUT2D eigenvalue weighted by Crippen LogP contribution is 2.38. The monoisotopic (exact) mass is 527 g/mol. The van der Waals surface area contributed by atoms with Crippen LogP contribution in [-0.2, 0) is 22.2 Å². The molecule has 0 aliphatic rings. The molecule has 1 unspecified atom stereocenters.